The van der Waals surface area contributed by atoms with Crippen LogP contribution in [0.2, 0.25) is 4.34 Å². The summed E-state index contributed by atoms with van der Waals surface area (Å²) in [6.45, 7) is 4.45. The van der Waals surface area contributed by atoms with E-state index in [2.05, 4.69) is 15.6 Å². The number of unbranched alkanes of at least 4 members (excludes halogenated alkanes) is 1. The van der Waals surface area contributed by atoms with Gasteiger partial charge in [0.05, 0.1) is 10.9 Å². The Bertz CT molecular complexity index is 766. The highest BCUT2D eigenvalue weighted by Gasteiger charge is 2.10. The maximum absolute atomic E-state index is 11.6. The fraction of sp³-hybridized carbons (Fsp3) is 0.444. The van der Waals surface area contributed by atoms with E-state index in [-0.39, 0.29) is 36.1 Å². The van der Waals surface area contributed by atoms with Gasteiger partial charge in [-0.05, 0) is 38.0 Å². The lowest BCUT2D eigenvalue weighted by molar-refractivity contribution is 0.191. The van der Waals surface area contributed by atoms with Gasteiger partial charge in [-0.15, -0.1) is 35.3 Å². The predicted molar refractivity (Wildman–Crippen MR) is 124 cm³/mol. The van der Waals surface area contributed by atoms with Crippen molar-refractivity contribution in [3.8, 4) is 0 Å². The SMILES string of the molecule is CCNC(=NCC(O)c1ccc(Cl)s1)NCCCCn1ccccc1=O.I. The molecule has 2 rings (SSSR count). The van der Waals surface area contributed by atoms with Gasteiger partial charge in [0.2, 0.25) is 5.56 Å². The Hall–Kier alpha value is -1.10. The van der Waals surface area contributed by atoms with Gasteiger partial charge >= 0.3 is 0 Å². The van der Waals surface area contributed by atoms with E-state index in [1.807, 2.05) is 19.1 Å². The lowest BCUT2D eigenvalue weighted by Crippen LogP contribution is -2.38. The lowest BCUT2D eigenvalue weighted by atomic mass is 10.3. The largest absolute Gasteiger partial charge is 0.386 e. The molecule has 0 aliphatic rings. The summed E-state index contributed by atoms with van der Waals surface area (Å²) in [5.41, 5.74) is 0.0260. The molecular formula is C18H26ClIN4O2S. The summed E-state index contributed by atoms with van der Waals surface area (Å²) < 4.78 is 2.37. The minimum absolute atomic E-state index is 0. The molecule has 0 bridgehead atoms. The molecule has 6 nitrogen and oxygen atoms in total. The molecule has 0 aromatic carbocycles. The summed E-state index contributed by atoms with van der Waals surface area (Å²) in [7, 11) is 0. The molecule has 2 aromatic heterocycles. The van der Waals surface area contributed by atoms with Crippen LogP contribution < -0.4 is 16.2 Å². The van der Waals surface area contributed by atoms with E-state index in [9.17, 15) is 9.90 Å². The molecule has 0 aliphatic carbocycles. The van der Waals surface area contributed by atoms with E-state index >= 15 is 0 Å². The van der Waals surface area contributed by atoms with Gasteiger partial charge < -0.3 is 20.3 Å². The van der Waals surface area contributed by atoms with Crippen molar-refractivity contribution in [3.05, 3.63) is 56.1 Å². The van der Waals surface area contributed by atoms with Gasteiger partial charge in [0.25, 0.3) is 0 Å². The van der Waals surface area contributed by atoms with Crippen molar-refractivity contribution in [2.75, 3.05) is 19.6 Å². The first-order valence-corrected chi connectivity index (χ1v) is 9.90. The highest BCUT2D eigenvalue weighted by atomic mass is 127. The zero-order valence-electron chi connectivity index (χ0n) is 15.2. The molecule has 0 fully saturated rings. The number of aliphatic imine (C=N–C) groups is 1. The van der Waals surface area contributed by atoms with Crippen LogP contribution in [0.3, 0.4) is 0 Å². The Morgan fingerprint density at radius 1 is 1.30 bits per heavy atom. The van der Waals surface area contributed by atoms with Crippen molar-refractivity contribution in [2.45, 2.75) is 32.4 Å². The van der Waals surface area contributed by atoms with Crippen LogP contribution in [-0.4, -0.2) is 35.3 Å². The number of aliphatic hydroxyl groups excluding tert-OH is 1. The number of aromatic nitrogens is 1. The third kappa shape index (κ3) is 8.63. The lowest BCUT2D eigenvalue weighted by Gasteiger charge is -2.13. The first-order valence-electron chi connectivity index (χ1n) is 8.71. The molecule has 9 heteroatoms. The highest BCUT2D eigenvalue weighted by molar-refractivity contribution is 14.0. The summed E-state index contributed by atoms with van der Waals surface area (Å²) in [5, 5.41) is 16.6. The molecule has 1 unspecified atom stereocenters. The zero-order valence-corrected chi connectivity index (χ0v) is 19.1. The summed E-state index contributed by atoms with van der Waals surface area (Å²) in [4.78, 5) is 16.9. The molecule has 150 valence electrons. The predicted octanol–water partition coefficient (Wildman–Crippen LogP) is 3.25. The van der Waals surface area contributed by atoms with Crippen LogP contribution in [0.4, 0.5) is 0 Å². The van der Waals surface area contributed by atoms with E-state index in [4.69, 9.17) is 11.6 Å². The number of nitrogens with zero attached hydrogens (tertiary/aromatic N) is 2. The van der Waals surface area contributed by atoms with Gasteiger partial charge in [-0.3, -0.25) is 9.79 Å². The number of hydrogen-bond acceptors (Lipinski definition) is 4. The summed E-state index contributed by atoms with van der Waals surface area (Å²) >= 11 is 7.26. The monoisotopic (exact) mass is 524 g/mol. The fourth-order valence-electron chi connectivity index (χ4n) is 2.38. The molecule has 1 atom stereocenters. The Labute approximate surface area is 185 Å². The zero-order chi connectivity index (χ0) is 18.8. The summed E-state index contributed by atoms with van der Waals surface area (Å²) in [6, 6.07) is 8.77. The molecule has 3 N–H and O–H groups in total. The minimum atomic E-state index is -0.659. The number of halogens is 2. The molecule has 0 aliphatic heterocycles. The average Bonchev–Trinajstić information content (AvgIpc) is 3.07. The standard InChI is InChI=1S/C18H25ClN4O2S.HI/c1-2-20-18(22-13-14(24)15-8-9-16(19)26-15)21-10-4-6-12-23-11-5-3-7-17(23)25;/h3,5,7-9,11,14,24H,2,4,6,10,12-13H2,1H3,(H2,20,21,22);1H. The third-order valence-corrected chi connectivity index (χ3v) is 5.04. The second-order valence-electron chi connectivity index (χ2n) is 5.74. The number of aliphatic hydroxyl groups is 1. The van der Waals surface area contributed by atoms with E-state index < -0.39 is 6.10 Å². The first-order chi connectivity index (χ1) is 12.6. The molecule has 0 amide bonds. The van der Waals surface area contributed by atoms with Gasteiger partial charge in [-0.25, -0.2) is 0 Å². The molecule has 0 saturated heterocycles. The van der Waals surface area contributed by atoms with Crippen molar-refractivity contribution >= 4 is 52.9 Å². The van der Waals surface area contributed by atoms with Crippen LogP contribution >= 0.6 is 46.9 Å². The molecule has 0 radical (unpaired) electrons. The van der Waals surface area contributed by atoms with E-state index in [0.29, 0.717) is 16.8 Å². The minimum Gasteiger partial charge on any atom is -0.386 e. The van der Waals surface area contributed by atoms with E-state index in [1.165, 1.54) is 11.3 Å². The summed E-state index contributed by atoms with van der Waals surface area (Å²) in [5.74, 6) is 0.672. The van der Waals surface area contributed by atoms with Crippen molar-refractivity contribution in [1.29, 1.82) is 0 Å². The number of aryl methyl sites for hydroxylation is 1. The number of rotatable bonds is 9. The first kappa shape index (κ1) is 23.9. The quantitative estimate of drug-likeness (QED) is 0.204. The van der Waals surface area contributed by atoms with Crippen LogP contribution in [0.25, 0.3) is 0 Å². The van der Waals surface area contributed by atoms with Gasteiger partial charge in [0.1, 0.15) is 6.10 Å². The number of hydrogen-bond donors (Lipinski definition) is 3. The number of nitrogens with one attached hydrogen (secondary N) is 2. The van der Waals surface area contributed by atoms with Crippen LogP contribution in [0.5, 0.6) is 0 Å². The number of thiophene rings is 1. The topological polar surface area (TPSA) is 78.7 Å². The fourth-order valence-corrected chi connectivity index (χ4v) is 3.41. The molecular weight excluding hydrogens is 499 g/mol. The molecule has 0 spiro atoms. The van der Waals surface area contributed by atoms with E-state index in [1.54, 1.807) is 29.0 Å². The number of pyridine rings is 1. The van der Waals surface area contributed by atoms with Crippen molar-refractivity contribution in [1.82, 2.24) is 15.2 Å². The second-order valence-corrected chi connectivity index (χ2v) is 7.49. The van der Waals surface area contributed by atoms with Crippen molar-refractivity contribution in [3.63, 3.8) is 0 Å². The van der Waals surface area contributed by atoms with Gasteiger partial charge in [-0.2, -0.15) is 0 Å². The summed E-state index contributed by atoms with van der Waals surface area (Å²) in [6.07, 6.45) is 2.95. The van der Waals surface area contributed by atoms with Gasteiger partial charge in [-0.1, -0.05) is 17.7 Å². The van der Waals surface area contributed by atoms with Gasteiger partial charge in [0.15, 0.2) is 5.96 Å². The molecule has 2 aromatic rings. The van der Waals surface area contributed by atoms with Gasteiger partial charge in [0, 0.05) is 36.8 Å². The normalized spacial score (nSPS) is 12.3. The van der Waals surface area contributed by atoms with Crippen molar-refractivity contribution < 1.29 is 5.11 Å². The third-order valence-electron chi connectivity index (χ3n) is 3.71. The van der Waals surface area contributed by atoms with Crippen LogP contribution in [0, 0.1) is 0 Å². The average molecular weight is 525 g/mol. The Morgan fingerprint density at radius 2 is 2.11 bits per heavy atom. The Morgan fingerprint density at radius 3 is 2.78 bits per heavy atom. The van der Waals surface area contributed by atoms with Crippen LogP contribution in [0.1, 0.15) is 30.7 Å². The maximum atomic E-state index is 11.6. The number of guanidine groups is 1. The Balaban J connectivity index is 0.00000364. The smallest absolute Gasteiger partial charge is 0.250 e. The molecule has 27 heavy (non-hydrogen) atoms. The highest BCUT2D eigenvalue weighted by Crippen LogP contribution is 2.26. The Kier molecular flexibility index (Phi) is 11.7. The van der Waals surface area contributed by atoms with Crippen LogP contribution in [0.15, 0.2) is 46.3 Å². The van der Waals surface area contributed by atoms with Crippen LogP contribution in [-0.2, 0) is 6.54 Å². The molecule has 2 heterocycles. The van der Waals surface area contributed by atoms with E-state index in [0.717, 1.165) is 30.8 Å². The van der Waals surface area contributed by atoms with Crippen molar-refractivity contribution in [2.24, 2.45) is 4.99 Å². The maximum Gasteiger partial charge on any atom is 0.250 e. The second kappa shape index (κ2) is 13.1. The molecule has 0 saturated carbocycles.